The van der Waals surface area contributed by atoms with Crippen LogP contribution in [0.4, 0.5) is 8.78 Å². The Morgan fingerprint density at radius 2 is 1.88 bits per heavy atom. The maximum Gasteiger partial charge on any atom is 0.333 e. The Hall–Kier alpha value is -4.28. The van der Waals surface area contributed by atoms with Crippen molar-refractivity contribution in [1.29, 1.82) is 0 Å². The molecule has 9 nitrogen and oxygen atoms in total. The average Bonchev–Trinajstić information content (AvgIpc) is 3.28. The van der Waals surface area contributed by atoms with Crippen molar-refractivity contribution in [3.8, 4) is 28.3 Å². The van der Waals surface area contributed by atoms with Gasteiger partial charge in [-0.1, -0.05) is 0 Å². The highest BCUT2D eigenvalue weighted by Crippen LogP contribution is 2.38. The summed E-state index contributed by atoms with van der Waals surface area (Å²) in [6.45, 7) is 0.671. The summed E-state index contributed by atoms with van der Waals surface area (Å²) >= 11 is 0. The molecule has 0 fully saturated rings. The topological polar surface area (TPSA) is 89.0 Å². The van der Waals surface area contributed by atoms with Gasteiger partial charge in [-0.05, 0) is 13.0 Å². The van der Waals surface area contributed by atoms with Gasteiger partial charge in [0, 0.05) is 42.9 Å². The van der Waals surface area contributed by atoms with Gasteiger partial charge in [0.2, 0.25) is 6.86 Å². The molecule has 4 aromatic heterocycles. The third-order valence-corrected chi connectivity index (χ3v) is 5.78. The molecule has 0 aliphatic carbocycles. The number of pyridine rings is 2. The van der Waals surface area contributed by atoms with E-state index < -0.39 is 18.4 Å². The monoisotopic (exact) mass is 466 g/mol. The van der Waals surface area contributed by atoms with Crippen molar-refractivity contribution in [3.63, 3.8) is 0 Å². The molecule has 0 atom stereocenters. The lowest BCUT2D eigenvalue weighted by molar-refractivity contribution is 0.190. The molecule has 4 heterocycles. The minimum atomic E-state index is -1.21. The summed E-state index contributed by atoms with van der Waals surface area (Å²) in [4.78, 5) is 21.5. The van der Waals surface area contributed by atoms with Gasteiger partial charge in [-0.3, -0.25) is 23.8 Å². The van der Waals surface area contributed by atoms with Crippen LogP contribution in [0.15, 0.2) is 41.7 Å². The molecule has 0 amide bonds. The molecule has 0 saturated heterocycles. The van der Waals surface area contributed by atoms with Crippen molar-refractivity contribution < 1.29 is 18.3 Å². The van der Waals surface area contributed by atoms with E-state index >= 15 is 4.39 Å². The number of methoxy groups -OCH3 is 1. The van der Waals surface area contributed by atoms with Gasteiger partial charge >= 0.3 is 5.69 Å². The van der Waals surface area contributed by atoms with E-state index in [1.54, 1.807) is 24.9 Å². The van der Waals surface area contributed by atoms with Crippen LogP contribution in [-0.4, -0.2) is 42.9 Å². The SMILES string of the molecule is COc1cc2ncc3c(c2cc1-c1cn(C)nc1C)n(-c1c(F)cncc1OCF)c(=O)n3C. The highest BCUT2D eigenvalue weighted by Gasteiger charge is 2.24. The summed E-state index contributed by atoms with van der Waals surface area (Å²) in [5.41, 5.74) is 2.93. The molecule has 5 aromatic rings. The van der Waals surface area contributed by atoms with Gasteiger partial charge in [0.1, 0.15) is 11.4 Å². The zero-order valence-corrected chi connectivity index (χ0v) is 18.8. The fourth-order valence-corrected chi connectivity index (χ4v) is 4.27. The Balaban J connectivity index is 1.95. The highest BCUT2D eigenvalue weighted by molar-refractivity contribution is 6.06. The number of hydrogen-bond donors (Lipinski definition) is 0. The minimum Gasteiger partial charge on any atom is -0.496 e. The Morgan fingerprint density at radius 3 is 2.56 bits per heavy atom. The summed E-state index contributed by atoms with van der Waals surface area (Å²) in [6, 6.07) is 3.58. The molecule has 5 rings (SSSR count). The van der Waals surface area contributed by atoms with Gasteiger partial charge in [-0.25, -0.2) is 13.6 Å². The van der Waals surface area contributed by atoms with Crippen molar-refractivity contribution in [3.05, 3.63) is 58.9 Å². The van der Waals surface area contributed by atoms with Crippen LogP contribution in [0.5, 0.6) is 11.5 Å². The van der Waals surface area contributed by atoms with Gasteiger partial charge in [0.05, 0.1) is 47.9 Å². The third-order valence-electron chi connectivity index (χ3n) is 5.78. The minimum absolute atomic E-state index is 0.195. The van der Waals surface area contributed by atoms with Crippen LogP contribution in [-0.2, 0) is 14.1 Å². The van der Waals surface area contributed by atoms with Crippen LogP contribution >= 0.6 is 0 Å². The van der Waals surface area contributed by atoms with Crippen LogP contribution in [0.3, 0.4) is 0 Å². The number of aromatic nitrogens is 6. The number of alkyl halides is 1. The molecule has 11 heteroatoms. The number of hydrogen-bond acceptors (Lipinski definition) is 6. The van der Waals surface area contributed by atoms with Gasteiger partial charge < -0.3 is 9.47 Å². The fourth-order valence-electron chi connectivity index (χ4n) is 4.27. The van der Waals surface area contributed by atoms with Crippen LogP contribution in [0.25, 0.3) is 38.8 Å². The Labute approximate surface area is 191 Å². The van der Waals surface area contributed by atoms with Crippen molar-refractivity contribution in [1.82, 2.24) is 28.9 Å². The van der Waals surface area contributed by atoms with E-state index in [9.17, 15) is 9.18 Å². The third kappa shape index (κ3) is 3.11. The number of nitrogens with zero attached hydrogens (tertiary/aromatic N) is 6. The first-order chi connectivity index (χ1) is 16.3. The molecular weight excluding hydrogens is 446 g/mol. The van der Waals surface area contributed by atoms with E-state index in [1.807, 2.05) is 26.2 Å². The molecule has 0 saturated carbocycles. The lowest BCUT2D eigenvalue weighted by Crippen LogP contribution is -2.22. The van der Waals surface area contributed by atoms with E-state index in [4.69, 9.17) is 9.47 Å². The molecular formula is C23H20F2N6O3. The second-order valence-corrected chi connectivity index (χ2v) is 7.76. The number of rotatable bonds is 5. The van der Waals surface area contributed by atoms with Gasteiger partial charge in [-0.15, -0.1) is 0 Å². The zero-order valence-electron chi connectivity index (χ0n) is 18.8. The first-order valence-corrected chi connectivity index (χ1v) is 10.3. The molecule has 34 heavy (non-hydrogen) atoms. The number of fused-ring (bicyclic) bond motifs is 3. The van der Waals surface area contributed by atoms with E-state index in [-0.39, 0.29) is 11.4 Å². The smallest absolute Gasteiger partial charge is 0.333 e. The molecule has 0 bridgehead atoms. The van der Waals surface area contributed by atoms with Crippen molar-refractivity contribution in [2.75, 3.05) is 14.0 Å². The Morgan fingerprint density at radius 1 is 1.09 bits per heavy atom. The Kier molecular flexibility index (Phi) is 5.03. The quantitative estimate of drug-likeness (QED) is 0.394. The highest BCUT2D eigenvalue weighted by atomic mass is 19.1. The molecule has 0 N–H and O–H groups in total. The number of ether oxygens (including phenoxy) is 2. The number of halogens is 2. The zero-order chi connectivity index (χ0) is 24.1. The first kappa shape index (κ1) is 21.6. The maximum absolute atomic E-state index is 15.0. The summed E-state index contributed by atoms with van der Waals surface area (Å²) < 4.78 is 42.8. The van der Waals surface area contributed by atoms with Gasteiger partial charge in [0.15, 0.2) is 11.6 Å². The van der Waals surface area contributed by atoms with Crippen molar-refractivity contribution in [2.45, 2.75) is 6.92 Å². The fraction of sp³-hybridized carbons (Fsp3) is 0.217. The molecule has 0 spiro atoms. The van der Waals surface area contributed by atoms with Gasteiger partial charge in [-0.2, -0.15) is 5.10 Å². The lowest BCUT2D eigenvalue weighted by atomic mass is 10.0. The molecule has 1 aromatic carbocycles. The van der Waals surface area contributed by atoms with Gasteiger partial charge in [0.25, 0.3) is 0 Å². The predicted octanol–water partition coefficient (Wildman–Crippen LogP) is 3.43. The van der Waals surface area contributed by atoms with E-state index in [0.717, 1.165) is 27.6 Å². The summed E-state index contributed by atoms with van der Waals surface area (Å²) in [5, 5.41) is 4.98. The second kappa shape index (κ2) is 7.94. The maximum atomic E-state index is 15.0. The standard InChI is InChI=1S/C23H20F2N6O3/c1-12-15(10-29(2)28-12)13-5-14-17(6-19(13)33-4)27-8-18-21(14)31(23(32)30(18)3)22-16(25)7-26-9-20(22)34-11-24/h5-10H,11H2,1-4H3. The molecule has 174 valence electrons. The summed E-state index contributed by atoms with van der Waals surface area (Å²) in [5.74, 6) is -0.460. The average molecular weight is 466 g/mol. The molecule has 0 unspecified atom stereocenters. The number of imidazole rings is 1. The Bertz CT molecular complexity index is 1640. The van der Waals surface area contributed by atoms with Crippen LogP contribution in [0, 0.1) is 12.7 Å². The number of aryl methyl sites for hydroxylation is 3. The van der Waals surface area contributed by atoms with Crippen LogP contribution < -0.4 is 15.2 Å². The summed E-state index contributed by atoms with van der Waals surface area (Å²) in [7, 11) is 4.93. The van der Waals surface area contributed by atoms with E-state index in [2.05, 4.69) is 15.1 Å². The lowest BCUT2D eigenvalue weighted by Gasteiger charge is -2.13. The second-order valence-electron chi connectivity index (χ2n) is 7.76. The van der Waals surface area contributed by atoms with Crippen LogP contribution in [0.2, 0.25) is 0 Å². The molecule has 0 aliphatic rings. The first-order valence-electron chi connectivity index (χ1n) is 10.3. The summed E-state index contributed by atoms with van der Waals surface area (Å²) in [6.07, 6.45) is 5.50. The molecule has 0 radical (unpaired) electrons. The van der Waals surface area contributed by atoms with Crippen molar-refractivity contribution in [2.24, 2.45) is 14.1 Å². The normalized spacial score (nSPS) is 11.5. The van der Waals surface area contributed by atoms with E-state index in [1.165, 1.54) is 17.0 Å². The van der Waals surface area contributed by atoms with Crippen LogP contribution in [0.1, 0.15) is 5.69 Å². The predicted molar refractivity (Wildman–Crippen MR) is 122 cm³/mol. The van der Waals surface area contributed by atoms with Crippen molar-refractivity contribution >= 4 is 21.9 Å². The number of benzene rings is 1. The largest absolute Gasteiger partial charge is 0.496 e. The van der Waals surface area contributed by atoms with E-state index in [0.29, 0.717) is 27.7 Å². The molecule has 0 aliphatic heterocycles.